The van der Waals surface area contributed by atoms with Crippen molar-refractivity contribution >= 4 is 17.1 Å². The molecule has 4 heteroatoms. The highest BCUT2D eigenvalue weighted by Crippen LogP contribution is 2.25. The molecule has 104 valence electrons. The Balaban J connectivity index is 2.04. The second-order valence-corrected chi connectivity index (χ2v) is 4.70. The molecule has 0 radical (unpaired) electrons. The van der Waals surface area contributed by atoms with Gasteiger partial charge in [-0.1, -0.05) is 24.3 Å². The molecule has 0 fully saturated rings. The average Bonchev–Trinajstić information content (AvgIpc) is 2.55. The molecule has 3 rings (SSSR count). The van der Waals surface area contributed by atoms with Crippen LogP contribution >= 0.6 is 0 Å². The number of hydrogen-bond donors (Lipinski definition) is 0. The molecular weight excluding hydrogens is 264 g/mol. The SMILES string of the molecule is COc1ccc2cccc(Cc3nccc(C=O)n3)c2c1. The number of carbonyl (C=O) groups excluding carboxylic acids is 1. The molecule has 0 aliphatic heterocycles. The van der Waals surface area contributed by atoms with Crippen LogP contribution in [0.3, 0.4) is 0 Å². The number of benzene rings is 2. The second-order valence-electron chi connectivity index (χ2n) is 4.70. The van der Waals surface area contributed by atoms with E-state index in [1.54, 1.807) is 19.4 Å². The Hall–Kier alpha value is -2.75. The Kier molecular flexibility index (Phi) is 3.60. The maximum Gasteiger partial charge on any atom is 0.168 e. The Morgan fingerprint density at radius 3 is 2.90 bits per heavy atom. The van der Waals surface area contributed by atoms with Crippen LogP contribution < -0.4 is 4.74 Å². The predicted octanol–water partition coefficient (Wildman–Crippen LogP) is 3.04. The van der Waals surface area contributed by atoms with Gasteiger partial charge in [-0.05, 0) is 34.5 Å². The molecule has 0 aliphatic rings. The molecule has 1 aromatic heterocycles. The van der Waals surface area contributed by atoms with E-state index in [2.05, 4.69) is 16.0 Å². The number of hydrogen-bond acceptors (Lipinski definition) is 4. The normalized spacial score (nSPS) is 10.5. The van der Waals surface area contributed by atoms with Crippen molar-refractivity contribution in [2.75, 3.05) is 7.11 Å². The second kappa shape index (κ2) is 5.71. The molecule has 0 saturated carbocycles. The fourth-order valence-corrected chi connectivity index (χ4v) is 2.33. The minimum atomic E-state index is 0.401. The van der Waals surface area contributed by atoms with E-state index in [4.69, 9.17) is 4.74 Å². The van der Waals surface area contributed by atoms with Crippen LogP contribution in [0.1, 0.15) is 21.9 Å². The Morgan fingerprint density at radius 2 is 2.10 bits per heavy atom. The topological polar surface area (TPSA) is 52.1 Å². The van der Waals surface area contributed by atoms with Crippen molar-refractivity contribution in [1.82, 2.24) is 9.97 Å². The summed E-state index contributed by atoms with van der Waals surface area (Å²) in [5, 5.41) is 2.25. The summed E-state index contributed by atoms with van der Waals surface area (Å²) in [7, 11) is 1.65. The zero-order valence-corrected chi connectivity index (χ0v) is 11.6. The van der Waals surface area contributed by atoms with Gasteiger partial charge in [0.25, 0.3) is 0 Å². The number of methoxy groups -OCH3 is 1. The van der Waals surface area contributed by atoms with E-state index in [9.17, 15) is 4.79 Å². The summed E-state index contributed by atoms with van der Waals surface area (Å²) >= 11 is 0. The third-order valence-electron chi connectivity index (χ3n) is 3.38. The molecule has 4 nitrogen and oxygen atoms in total. The smallest absolute Gasteiger partial charge is 0.168 e. The van der Waals surface area contributed by atoms with E-state index in [1.165, 1.54) is 0 Å². The maximum absolute atomic E-state index is 10.8. The highest BCUT2D eigenvalue weighted by molar-refractivity contribution is 5.87. The van der Waals surface area contributed by atoms with Crippen LogP contribution in [0.2, 0.25) is 0 Å². The lowest BCUT2D eigenvalue weighted by Crippen LogP contribution is -1.99. The summed E-state index contributed by atoms with van der Waals surface area (Å²) in [6.45, 7) is 0. The van der Waals surface area contributed by atoms with Crippen LogP contribution in [-0.4, -0.2) is 23.4 Å². The van der Waals surface area contributed by atoms with Gasteiger partial charge in [-0.2, -0.15) is 0 Å². The maximum atomic E-state index is 10.8. The third kappa shape index (κ3) is 2.74. The van der Waals surface area contributed by atoms with Crippen LogP contribution in [0.4, 0.5) is 0 Å². The lowest BCUT2D eigenvalue weighted by molar-refractivity contribution is 0.111. The Bertz CT molecular complexity index is 800. The van der Waals surface area contributed by atoms with Gasteiger partial charge in [0.15, 0.2) is 6.29 Å². The highest BCUT2D eigenvalue weighted by Gasteiger charge is 2.06. The number of nitrogens with zero attached hydrogens (tertiary/aromatic N) is 2. The first-order chi connectivity index (χ1) is 10.3. The van der Waals surface area contributed by atoms with Crippen LogP contribution in [0.15, 0.2) is 48.7 Å². The van der Waals surface area contributed by atoms with Crippen molar-refractivity contribution < 1.29 is 9.53 Å². The van der Waals surface area contributed by atoms with E-state index in [0.29, 0.717) is 17.9 Å². The number of rotatable bonds is 4. The largest absolute Gasteiger partial charge is 0.497 e. The molecule has 0 atom stereocenters. The van der Waals surface area contributed by atoms with Crippen LogP contribution in [0, 0.1) is 0 Å². The van der Waals surface area contributed by atoms with Crippen molar-refractivity contribution in [3.05, 3.63) is 65.7 Å². The number of ether oxygens (including phenoxy) is 1. The average molecular weight is 278 g/mol. The number of fused-ring (bicyclic) bond motifs is 1. The molecule has 0 saturated heterocycles. The lowest BCUT2D eigenvalue weighted by Gasteiger charge is -2.08. The summed E-state index contributed by atoms with van der Waals surface area (Å²) in [6, 6.07) is 13.7. The zero-order chi connectivity index (χ0) is 14.7. The zero-order valence-electron chi connectivity index (χ0n) is 11.6. The summed E-state index contributed by atoms with van der Waals surface area (Å²) in [5.74, 6) is 1.45. The molecule has 0 aliphatic carbocycles. The van der Waals surface area contributed by atoms with Crippen LogP contribution in [0.5, 0.6) is 5.75 Å². The first kappa shape index (κ1) is 13.2. The van der Waals surface area contributed by atoms with Crippen molar-refractivity contribution in [1.29, 1.82) is 0 Å². The first-order valence-corrected chi connectivity index (χ1v) is 6.63. The third-order valence-corrected chi connectivity index (χ3v) is 3.38. The fraction of sp³-hybridized carbons (Fsp3) is 0.118. The molecule has 21 heavy (non-hydrogen) atoms. The predicted molar refractivity (Wildman–Crippen MR) is 80.7 cm³/mol. The summed E-state index contributed by atoms with van der Waals surface area (Å²) in [5.41, 5.74) is 1.51. The standard InChI is InChI=1S/C17H14N2O2/c1-21-15-6-5-12-3-2-4-13(16(12)10-15)9-17-18-8-7-14(11-20)19-17/h2-8,10-11H,9H2,1H3. The molecule has 3 aromatic rings. The van der Waals surface area contributed by atoms with Crippen molar-refractivity contribution in [3.63, 3.8) is 0 Å². The van der Waals surface area contributed by atoms with E-state index < -0.39 is 0 Å². The van der Waals surface area contributed by atoms with Gasteiger partial charge in [-0.15, -0.1) is 0 Å². The van der Waals surface area contributed by atoms with Gasteiger partial charge in [-0.3, -0.25) is 4.79 Å². The molecule has 0 N–H and O–H groups in total. The first-order valence-electron chi connectivity index (χ1n) is 6.63. The fourth-order valence-electron chi connectivity index (χ4n) is 2.33. The minimum absolute atomic E-state index is 0.401. The minimum Gasteiger partial charge on any atom is -0.497 e. The lowest BCUT2D eigenvalue weighted by atomic mass is 10.0. The highest BCUT2D eigenvalue weighted by atomic mass is 16.5. The van der Waals surface area contributed by atoms with Gasteiger partial charge in [0.2, 0.25) is 0 Å². The molecule has 0 bridgehead atoms. The van der Waals surface area contributed by atoms with Crippen molar-refractivity contribution in [2.24, 2.45) is 0 Å². The number of aldehydes is 1. The van der Waals surface area contributed by atoms with E-state index in [-0.39, 0.29) is 0 Å². The van der Waals surface area contributed by atoms with Gasteiger partial charge < -0.3 is 4.74 Å². The van der Waals surface area contributed by atoms with Crippen molar-refractivity contribution in [2.45, 2.75) is 6.42 Å². The van der Waals surface area contributed by atoms with Crippen LogP contribution in [-0.2, 0) is 6.42 Å². The van der Waals surface area contributed by atoms with Gasteiger partial charge in [0.1, 0.15) is 17.3 Å². The quantitative estimate of drug-likeness (QED) is 0.688. The molecule has 0 unspecified atom stereocenters. The molecular formula is C17H14N2O2. The summed E-state index contributed by atoms with van der Waals surface area (Å²) < 4.78 is 5.29. The monoisotopic (exact) mass is 278 g/mol. The Labute approximate surface area is 122 Å². The Morgan fingerprint density at radius 1 is 1.19 bits per heavy atom. The number of aromatic nitrogens is 2. The summed E-state index contributed by atoms with van der Waals surface area (Å²) in [4.78, 5) is 19.3. The molecule has 0 amide bonds. The van der Waals surface area contributed by atoms with Crippen LogP contribution in [0.25, 0.3) is 10.8 Å². The van der Waals surface area contributed by atoms with E-state index >= 15 is 0 Å². The number of carbonyl (C=O) groups is 1. The van der Waals surface area contributed by atoms with Gasteiger partial charge in [0, 0.05) is 12.6 Å². The van der Waals surface area contributed by atoms with Crippen molar-refractivity contribution in [3.8, 4) is 5.75 Å². The summed E-state index contributed by atoms with van der Waals surface area (Å²) in [6.07, 6.45) is 2.92. The van der Waals surface area contributed by atoms with Gasteiger partial charge >= 0.3 is 0 Å². The molecule has 2 aromatic carbocycles. The molecule has 1 heterocycles. The van der Waals surface area contributed by atoms with E-state index in [0.717, 1.165) is 28.4 Å². The van der Waals surface area contributed by atoms with E-state index in [1.807, 2.05) is 30.3 Å². The molecule has 0 spiro atoms. The van der Waals surface area contributed by atoms with Gasteiger partial charge in [0.05, 0.1) is 7.11 Å². The van der Waals surface area contributed by atoms with Gasteiger partial charge in [-0.25, -0.2) is 9.97 Å².